The highest BCUT2D eigenvalue weighted by atomic mass is 79.9. The fraction of sp³-hybridized carbons (Fsp3) is 0.136. The van der Waals surface area contributed by atoms with Crippen molar-refractivity contribution in [2.45, 2.75) is 11.8 Å². The number of carbonyl (C=O) groups is 1. The number of nitrogens with one attached hydrogen (secondary N) is 1. The van der Waals surface area contributed by atoms with E-state index < -0.39 is 28.3 Å². The molecule has 0 spiro atoms. The monoisotopic (exact) mass is 506 g/mol. The average molecular weight is 507 g/mol. The second-order valence-electron chi connectivity index (χ2n) is 6.42. The second-order valence-corrected chi connectivity index (χ2v) is 9.14. The molecule has 1 N–H and O–H groups in total. The van der Waals surface area contributed by atoms with Crippen LogP contribution in [0.3, 0.4) is 0 Å². The number of sulfonamides is 1. The number of carbonyl (C=O) groups excluding carboxylic acids is 1. The summed E-state index contributed by atoms with van der Waals surface area (Å²) in [5.74, 6) is -0.535. The summed E-state index contributed by atoms with van der Waals surface area (Å²) in [6, 6.07) is 17.8. The number of hydrogen-bond donors (Lipinski definition) is 1. The van der Waals surface area contributed by atoms with Gasteiger partial charge < -0.3 is 10.1 Å². The van der Waals surface area contributed by atoms with Gasteiger partial charge in [0.05, 0.1) is 22.9 Å². The van der Waals surface area contributed by atoms with Crippen LogP contribution in [0.5, 0.6) is 5.75 Å². The van der Waals surface area contributed by atoms with E-state index in [1.165, 1.54) is 24.3 Å². The number of amides is 1. The zero-order valence-electron chi connectivity index (χ0n) is 16.6. The van der Waals surface area contributed by atoms with Crippen LogP contribution in [0.15, 0.2) is 82.2 Å². The Labute approximate surface area is 188 Å². The zero-order valence-corrected chi connectivity index (χ0v) is 19.0. The molecule has 0 heterocycles. The fourth-order valence-electron chi connectivity index (χ4n) is 2.81. The molecule has 0 saturated carbocycles. The highest BCUT2D eigenvalue weighted by Gasteiger charge is 2.27. The summed E-state index contributed by atoms with van der Waals surface area (Å²) >= 11 is 3.34. The number of nitrogens with zero attached hydrogens (tertiary/aromatic N) is 1. The molecule has 9 heteroatoms. The standard InChI is InChI=1S/C22H20BrFN2O4S/c1-2-30-18-11-13-19(14-12-18)31(28,29)26(17-9-7-16(24)8-10-17)15-22(27)25-21-6-4-3-5-20(21)23/h3-14H,2,15H2,1H3,(H,25,27). The van der Waals surface area contributed by atoms with Gasteiger partial charge >= 0.3 is 0 Å². The summed E-state index contributed by atoms with van der Waals surface area (Å²) in [6.07, 6.45) is 0. The summed E-state index contributed by atoms with van der Waals surface area (Å²) in [7, 11) is -4.11. The molecule has 3 aromatic carbocycles. The van der Waals surface area contributed by atoms with Crippen LogP contribution in [-0.4, -0.2) is 27.5 Å². The van der Waals surface area contributed by atoms with Crippen molar-refractivity contribution in [3.05, 3.63) is 83.1 Å². The van der Waals surface area contributed by atoms with Crippen LogP contribution in [0.25, 0.3) is 0 Å². The Morgan fingerprint density at radius 3 is 2.29 bits per heavy atom. The molecule has 3 aromatic rings. The quantitative estimate of drug-likeness (QED) is 0.475. The third kappa shape index (κ3) is 5.62. The topological polar surface area (TPSA) is 75.7 Å². The minimum absolute atomic E-state index is 0.0195. The number of benzene rings is 3. The van der Waals surface area contributed by atoms with Crippen LogP contribution >= 0.6 is 15.9 Å². The molecule has 1 amide bonds. The normalized spacial score (nSPS) is 11.1. The van der Waals surface area contributed by atoms with Crippen LogP contribution in [0.4, 0.5) is 15.8 Å². The first-order valence-corrected chi connectivity index (χ1v) is 11.6. The van der Waals surface area contributed by atoms with Crippen LogP contribution < -0.4 is 14.4 Å². The molecule has 0 aromatic heterocycles. The maximum Gasteiger partial charge on any atom is 0.264 e. The summed E-state index contributed by atoms with van der Waals surface area (Å²) in [6.45, 7) is 1.77. The lowest BCUT2D eigenvalue weighted by Crippen LogP contribution is -2.38. The summed E-state index contributed by atoms with van der Waals surface area (Å²) in [4.78, 5) is 12.7. The Hall–Kier alpha value is -2.91. The second kappa shape index (κ2) is 9.93. The van der Waals surface area contributed by atoms with Crippen molar-refractivity contribution < 1.29 is 22.3 Å². The molecule has 0 radical (unpaired) electrons. The lowest BCUT2D eigenvalue weighted by Gasteiger charge is -2.24. The number of rotatable bonds is 8. The Morgan fingerprint density at radius 2 is 1.68 bits per heavy atom. The Kier molecular flexibility index (Phi) is 7.29. The predicted octanol–water partition coefficient (Wildman–Crippen LogP) is 4.82. The van der Waals surface area contributed by atoms with E-state index in [1.54, 1.807) is 36.4 Å². The van der Waals surface area contributed by atoms with E-state index in [1.807, 2.05) is 6.92 Å². The van der Waals surface area contributed by atoms with Gasteiger partial charge in [-0.2, -0.15) is 0 Å². The highest BCUT2D eigenvalue weighted by molar-refractivity contribution is 9.10. The first-order valence-electron chi connectivity index (χ1n) is 9.37. The largest absolute Gasteiger partial charge is 0.494 e. The predicted molar refractivity (Wildman–Crippen MR) is 121 cm³/mol. The first kappa shape index (κ1) is 22.8. The Balaban J connectivity index is 1.93. The van der Waals surface area contributed by atoms with Crippen molar-refractivity contribution in [2.75, 3.05) is 22.8 Å². The lowest BCUT2D eigenvalue weighted by atomic mass is 10.3. The van der Waals surface area contributed by atoms with Crippen molar-refractivity contribution in [2.24, 2.45) is 0 Å². The van der Waals surface area contributed by atoms with E-state index in [2.05, 4.69) is 21.2 Å². The minimum Gasteiger partial charge on any atom is -0.494 e. The first-order chi connectivity index (χ1) is 14.8. The van der Waals surface area contributed by atoms with E-state index in [4.69, 9.17) is 4.74 Å². The average Bonchev–Trinajstić information content (AvgIpc) is 2.75. The molecule has 0 aliphatic carbocycles. The number of ether oxygens (including phenoxy) is 1. The van der Waals surface area contributed by atoms with Gasteiger partial charge in [-0.15, -0.1) is 0 Å². The molecule has 31 heavy (non-hydrogen) atoms. The molecule has 0 aliphatic heterocycles. The maximum absolute atomic E-state index is 13.4. The van der Waals surface area contributed by atoms with Gasteiger partial charge in [0.25, 0.3) is 10.0 Å². The molecule has 0 atom stereocenters. The minimum atomic E-state index is -4.11. The van der Waals surface area contributed by atoms with E-state index in [9.17, 15) is 17.6 Å². The number of para-hydroxylation sites is 1. The zero-order chi connectivity index (χ0) is 22.4. The van der Waals surface area contributed by atoms with E-state index in [0.717, 1.165) is 16.4 Å². The molecule has 0 unspecified atom stereocenters. The fourth-order valence-corrected chi connectivity index (χ4v) is 4.61. The van der Waals surface area contributed by atoms with Crippen molar-refractivity contribution >= 4 is 43.2 Å². The summed E-state index contributed by atoms with van der Waals surface area (Å²) in [5.41, 5.74) is 0.669. The van der Waals surface area contributed by atoms with Crippen LogP contribution in [-0.2, 0) is 14.8 Å². The molecule has 0 fully saturated rings. The van der Waals surface area contributed by atoms with Gasteiger partial charge in [-0.05, 0) is 83.5 Å². The van der Waals surface area contributed by atoms with Gasteiger partial charge in [0.2, 0.25) is 5.91 Å². The molecule has 0 saturated heterocycles. The Bertz CT molecular complexity index is 1150. The lowest BCUT2D eigenvalue weighted by molar-refractivity contribution is -0.114. The number of halogens is 2. The van der Waals surface area contributed by atoms with Crippen molar-refractivity contribution in [1.82, 2.24) is 0 Å². The van der Waals surface area contributed by atoms with Gasteiger partial charge in [0.15, 0.2) is 0 Å². The van der Waals surface area contributed by atoms with Crippen molar-refractivity contribution in [3.8, 4) is 5.75 Å². The van der Waals surface area contributed by atoms with Crippen LogP contribution in [0.1, 0.15) is 6.92 Å². The molecule has 6 nitrogen and oxygen atoms in total. The van der Waals surface area contributed by atoms with Crippen molar-refractivity contribution in [1.29, 1.82) is 0 Å². The van der Waals surface area contributed by atoms with E-state index in [0.29, 0.717) is 22.5 Å². The van der Waals surface area contributed by atoms with Gasteiger partial charge in [-0.3, -0.25) is 9.10 Å². The maximum atomic E-state index is 13.4. The van der Waals surface area contributed by atoms with E-state index in [-0.39, 0.29) is 10.6 Å². The third-order valence-corrected chi connectivity index (χ3v) is 6.75. The number of hydrogen-bond acceptors (Lipinski definition) is 4. The Morgan fingerprint density at radius 1 is 1.03 bits per heavy atom. The molecule has 0 bridgehead atoms. The number of anilines is 2. The molecule has 0 aliphatic rings. The van der Waals surface area contributed by atoms with E-state index >= 15 is 0 Å². The molecular weight excluding hydrogens is 487 g/mol. The van der Waals surface area contributed by atoms with Gasteiger partial charge in [-0.25, -0.2) is 12.8 Å². The van der Waals surface area contributed by atoms with Crippen molar-refractivity contribution in [3.63, 3.8) is 0 Å². The summed E-state index contributed by atoms with van der Waals surface area (Å²) in [5, 5.41) is 2.69. The molecule has 3 rings (SSSR count). The molecular formula is C22H20BrFN2O4S. The van der Waals surface area contributed by atoms with Crippen LogP contribution in [0.2, 0.25) is 0 Å². The van der Waals surface area contributed by atoms with Gasteiger partial charge in [0.1, 0.15) is 18.1 Å². The smallest absolute Gasteiger partial charge is 0.264 e. The highest BCUT2D eigenvalue weighted by Crippen LogP contribution is 2.26. The molecule has 162 valence electrons. The van der Waals surface area contributed by atoms with Gasteiger partial charge in [0, 0.05) is 4.47 Å². The summed E-state index contributed by atoms with van der Waals surface area (Å²) < 4.78 is 47.1. The third-order valence-electron chi connectivity index (χ3n) is 4.27. The SMILES string of the molecule is CCOc1ccc(S(=O)(=O)N(CC(=O)Nc2ccccc2Br)c2ccc(F)cc2)cc1. The van der Waals surface area contributed by atoms with Gasteiger partial charge in [-0.1, -0.05) is 12.1 Å². The van der Waals surface area contributed by atoms with Crippen LogP contribution in [0, 0.1) is 5.82 Å².